The van der Waals surface area contributed by atoms with Gasteiger partial charge in [0.05, 0.1) is 22.6 Å². The molecule has 0 radical (unpaired) electrons. The minimum Gasteiger partial charge on any atom is -0.397 e. The van der Waals surface area contributed by atoms with Gasteiger partial charge in [-0.05, 0) is 25.1 Å². The number of halogens is 1. The van der Waals surface area contributed by atoms with E-state index in [-0.39, 0.29) is 5.91 Å². The molecule has 1 amide bonds. The zero-order chi connectivity index (χ0) is 12.4. The van der Waals surface area contributed by atoms with Crippen LogP contribution in [-0.2, 0) is 0 Å². The van der Waals surface area contributed by atoms with Crippen LogP contribution < -0.4 is 11.1 Å². The van der Waals surface area contributed by atoms with Crippen molar-refractivity contribution in [2.75, 3.05) is 11.1 Å². The molecule has 0 fully saturated rings. The van der Waals surface area contributed by atoms with Gasteiger partial charge in [0.25, 0.3) is 5.91 Å². The van der Waals surface area contributed by atoms with Gasteiger partial charge in [-0.25, -0.2) is 4.98 Å². The van der Waals surface area contributed by atoms with Crippen LogP contribution in [0.1, 0.15) is 14.7 Å². The summed E-state index contributed by atoms with van der Waals surface area (Å²) < 4.78 is 0. The lowest BCUT2D eigenvalue weighted by Crippen LogP contribution is -2.11. The number of aromatic nitrogens is 1. The average molecular weight is 268 g/mol. The maximum atomic E-state index is 11.8. The summed E-state index contributed by atoms with van der Waals surface area (Å²) in [7, 11) is 0. The van der Waals surface area contributed by atoms with Crippen molar-refractivity contribution in [3.63, 3.8) is 0 Å². The van der Waals surface area contributed by atoms with Gasteiger partial charge < -0.3 is 11.1 Å². The van der Waals surface area contributed by atoms with E-state index in [2.05, 4.69) is 10.3 Å². The highest BCUT2D eigenvalue weighted by Gasteiger charge is 2.10. The van der Waals surface area contributed by atoms with Crippen LogP contribution in [0.5, 0.6) is 0 Å². The lowest BCUT2D eigenvalue weighted by molar-refractivity contribution is 0.103. The molecule has 0 aliphatic carbocycles. The van der Waals surface area contributed by atoms with Gasteiger partial charge in [0, 0.05) is 5.02 Å². The van der Waals surface area contributed by atoms with Crippen molar-refractivity contribution in [1.29, 1.82) is 0 Å². The maximum Gasteiger partial charge on any atom is 0.267 e. The monoisotopic (exact) mass is 267 g/mol. The second-order valence-electron chi connectivity index (χ2n) is 3.43. The summed E-state index contributed by atoms with van der Waals surface area (Å²) in [5, 5.41) is 4.10. The predicted octanol–water partition coefficient (Wildman–Crippen LogP) is 2.94. The van der Waals surface area contributed by atoms with Crippen LogP contribution >= 0.6 is 22.9 Å². The summed E-state index contributed by atoms with van der Waals surface area (Å²) >= 11 is 7.11. The first-order valence-electron chi connectivity index (χ1n) is 4.85. The smallest absolute Gasteiger partial charge is 0.267 e. The lowest BCUT2D eigenvalue weighted by Gasteiger charge is -2.06. The second-order valence-corrected chi connectivity index (χ2v) is 5.10. The number of thiazole rings is 1. The number of nitrogen functional groups attached to an aromatic ring is 1. The molecule has 0 bridgehead atoms. The third-order valence-corrected chi connectivity index (χ3v) is 3.25. The Hall–Kier alpha value is -1.59. The molecule has 4 nitrogen and oxygen atoms in total. The van der Waals surface area contributed by atoms with E-state index < -0.39 is 0 Å². The largest absolute Gasteiger partial charge is 0.397 e. The van der Waals surface area contributed by atoms with Crippen molar-refractivity contribution in [2.24, 2.45) is 0 Å². The van der Waals surface area contributed by atoms with Gasteiger partial charge in [-0.15, -0.1) is 11.3 Å². The van der Waals surface area contributed by atoms with Crippen molar-refractivity contribution in [2.45, 2.75) is 6.92 Å². The highest BCUT2D eigenvalue weighted by molar-refractivity contribution is 7.13. The molecule has 1 aromatic heterocycles. The number of hydrogen-bond donors (Lipinski definition) is 2. The van der Waals surface area contributed by atoms with Gasteiger partial charge in [0.2, 0.25) is 0 Å². The number of aryl methyl sites for hydroxylation is 1. The lowest BCUT2D eigenvalue weighted by atomic mass is 10.2. The molecule has 1 aromatic carbocycles. The van der Waals surface area contributed by atoms with Crippen molar-refractivity contribution >= 4 is 40.2 Å². The highest BCUT2D eigenvalue weighted by Crippen LogP contribution is 2.23. The fraction of sp³-hybridized carbons (Fsp3) is 0.0909. The Morgan fingerprint density at radius 1 is 1.53 bits per heavy atom. The van der Waals surface area contributed by atoms with Gasteiger partial charge in [0.15, 0.2) is 0 Å². The van der Waals surface area contributed by atoms with Crippen molar-refractivity contribution in [3.8, 4) is 0 Å². The number of nitrogens with zero attached hydrogens (tertiary/aromatic N) is 1. The number of carbonyl (C=O) groups excluding carboxylic acids is 1. The first-order valence-corrected chi connectivity index (χ1v) is 6.04. The number of rotatable bonds is 2. The van der Waals surface area contributed by atoms with E-state index in [0.29, 0.717) is 21.3 Å². The minimum absolute atomic E-state index is 0.218. The summed E-state index contributed by atoms with van der Waals surface area (Å²) in [6, 6.07) is 4.93. The average Bonchev–Trinajstić information content (AvgIpc) is 2.69. The van der Waals surface area contributed by atoms with E-state index in [1.54, 1.807) is 24.4 Å². The van der Waals surface area contributed by atoms with E-state index in [1.165, 1.54) is 11.3 Å². The molecular formula is C11H10ClN3OS. The summed E-state index contributed by atoms with van der Waals surface area (Å²) in [5.41, 5.74) is 6.73. The number of carbonyl (C=O) groups is 1. The number of hydrogen-bond acceptors (Lipinski definition) is 4. The van der Waals surface area contributed by atoms with Gasteiger partial charge in [-0.3, -0.25) is 4.79 Å². The standard InChI is InChI=1S/C11H10ClN3OS/c1-6-14-5-10(17-6)11(16)15-9-3-2-7(12)4-8(9)13/h2-5H,13H2,1H3,(H,15,16). The molecule has 0 aliphatic heterocycles. The maximum absolute atomic E-state index is 11.8. The van der Waals surface area contributed by atoms with Crippen LogP contribution in [0, 0.1) is 6.92 Å². The first-order chi connectivity index (χ1) is 8.06. The molecule has 88 valence electrons. The topological polar surface area (TPSA) is 68.0 Å². The zero-order valence-corrected chi connectivity index (χ0v) is 10.6. The Bertz CT molecular complexity index is 568. The van der Waals surface area contributed by atoms with Crippen LogP contribution in [0.2, 0.25) is 5.02 Å². The van der Waals surface area contributed by atoms with Crippen molar-refractivity contribution in [3.05, 3.63) is 39.3 Å². The number of nitrogens with one attached hydrogen (secondary N) is 1. The Morgan fingerprint density at radius 3 is 2.88 bits per heavy atom. The van der Waals surface area contributed by atoms with E-state index in [1.807, 2.05) is 6.92 Å². The van der Waals surface area contributed by atoms with Crippen LogP contribution in [0.4, 0.5) is 11.4 Å². The van der Waals surface area contributed by atoms with E-state index in [9.17, 15) is 4.79 Å². The fourth-order valence-electron chi connectivity index (χ4n) is 1.30. The van der Waals surface area contributed by atoms with E-state index in [0.717, 1.165) is 5.01 Å². The van der Waals surface area contributed by atoms with Crippen molar-refractivity contribution in [1.82, 2.24) is 4.98 Å². The van der Waals surface area contributed by atoms with Gasteiger partial charge >= 0.3 is 0 Å². The van der Waals surface area contributed by atoms with Gasteiger partial charge in [-0.2, -0.15) is 0 Å². The second kappa shape index (κ2) is 4.73. The minimum atomic E-state index is -0.218. The molecule has 1 heterocycles. The summed E-state index contributed by atoms with van der Waals surface area (Å²) in [6.45, 7) is 1.85. The molecular weight excluding hydrogens is 258 g/mol. The number of amides is 1. The number of anilines is 2. The van der Waals surface area contributed by atoms with Gasteiger partial charge in [0.1, 0.15) is 4.88 Å². The Balaban J connectivity index is 2.18. The van der Waals surface area contributed by atoms with E-state index in [4.69, 9.17) is 17.3 Å². The van der Waals surface area contributed by atoms with Crippen LogP contribution in [0.25, 0.3) is 0 Å². The molecule has 0 aliphatic rings. The van der Waals surface area contributed by atoms with Crippen LogP contribution in [-0.4, -0.2) is 10.9 Å². The molecule has 0 unspecified atom stereocenters. The van der Waals surface area contributed by atoms with Crippen LogP contribution in [0.3, 0.4) is 0 Å². The normalized spacial score (nSPS) is 10.2. The molecule has 2 rings (SSSR count). The molecule has 0 spiro atoms. The number of benzene rings is 1. The Labute approximate surface area is 107 Å². The van der Waals surface area contributed by atoms with Gasteiger partial charge in [-0.1, -0.05) is 11.6 Å². The fourth-order valence-corrected chi connectivity index (χ4v) is 2.15. The molecule has 6 heteroatoms. The summed E-state index contributed by atoms with van der Waals surface area (Å²) in [4.78, 5) is 16.4. The quantitative estimate of drug-likeness (QED) is 0.822. The summed E-state index contributed by atoms with van der Waals surface area (Å²) in [5.74, 6) is -0.218. The Kier molecular flexibility index (Phi) is 3.31. The SMILES string of the molecule is Cc1ncc(C(=O)Nc2ccc(Cl)cc2N)s1. The molecule has 0 saturated carbocycles. The molecule has 17 heavy (non-hydrogen) atoms. The third-order valence-electron chi connectivity index (χ3n) is 2.11. The molecule has 0 saturated heterocycles. The summed E-state index contributed by atoms with van der Waals surface area (Å²) in [6.07, 6.45) is 1.54. The zero-order valence-electron chi connectivity index (χ0n) is 9.03. The van der Waals surface area contributed by atoms with Crippen LogP contribution in [0.15, 0.2) is 24.4 Å². The Morgan fingerprint density at radius 2 is 2.29 bits per heavy atom. The molecule has 3 N–H and O–H groups in total. The number of nitrogens with two attached hydrogens (primary N) is 1. The highest BCUT2D eigenvalue weighted by atomic mass is 35.5. The third kappa shape index (κ3) is 2.75. The van der Waals surface area contributed by atoms with E-state index >= 15 is 0 Å². The van der Waals surface area contributed by atoms with Crippen molar-refractivity contribution < 1.29 is 4.79 Å². The first kappa shape index (κ1) is 11.9. The molecule has 2 aromatic rings. The molecule has 0 atom stereocenters. The predicted molar refractivity (Wildman–Crippen MR) is 70.7 cm³/mol.